The average Bonchev–Trinajstić information content (AvgIpc) is 3.16. The molecule has 0 bridgehead atoms. The lowest BCUT2D eigenvalue weighted by atomic mass is 10.1. The van der Waals surface area contributed by atoms with E-state index in [2.05, 4.69) is 10.6 Å². The van der Waals surface area contributed by atoms with Crippen LogP contribution in [0.3, 0.4) is 0 Å². The van der Waals surface area contributed by atoms with Gasteiger partial charge in [0.2, 0.25) is 23.6 Å². The van der Waals surface area contributed by atoms with Gasteiger partial charge in [-0.3, -0.25) is 24.0 Å². The van der Waals surface area contributed by atoms with Crippen molar-refractivity contribution in [1.82, 2.24) is 15.5 Å². The van der Waals surface area contributed by atoms with Crippen molar-refractivity contribution in [1.29, 1.82) is 0 Å². The number of nitrogens with two attached hydrogens (primary N) is 3. The molecule has 1 aliphatic heterocycles. The van der Waals surface area contributed by atoms with Gasteiger partial charge in [0.15, 0.2) is 0 Å². The Labute approximate surface area is 174 Å². The van der Waals surface area contributed by atoms with Crippen molar-refractivity contribution in [3.8, 4) is 0 Å². The number of rotatable bonds is 12. The summed E-state index contributed by atoms with van der Waals surface area (Å²) in [4.78, 5) is 61.3. The number of unbranched alkanes of at least 4 members (excludes halogenated alkanes) is 1. The summed E-state index contributed by atoms with van der Waals surface area (Å²) in [6.45, 7) is 2.09. The van der Waals surface area contributed by atoms with E-state index in [0.717, 1.165) is 6.42 Å². The van der Waals surface area contributed by atoms with Gasteiger partial charge >= 0.3 is 5.97 Å². The molecule has 4 amide bonds. The Balaban J connectivity index is 2.81. The number of likely N-dealkylation sites (tertiary alicyclic amines) is 1. The molecule has 12 heteroatoms. The first kappa shape index (κ1) is 25.3. The van der Waals surface area contributed by atoms with Crippen LogP contribution >= 0.6 is 0 Å². The second kappa shape index (κ2) is 12.1. The lowest BCUT2D eigenvalue weighted by molar-refractivity contribution is -0.143. The van der Waals surface area contributed by atoms with Gasteiger partial charge in [-0.25, -0.2) is 0 Å². The van der Waals surface area contributed by atoms with Gasteiger partial charge in [0, 0.05) is 6.54 Å². The van der Waals surface area contributed by atoms with Crippen LogP contribution in [0.4, 0.5) is 0 Å². The quantitative estimate of drug-likeness (QED) is 0.181. The van der Waals surface area contributed by atoms with Crippen molar-refractivity contribution in [3.63, 3.8) is 0 Å². The first-order valence-corrected chi connectivity index (χ1v) is 9.96. The molecule has 1 aliphatic rings. The summed E-state index contributed by atoms with van der Waals surface area (Å²) in [5.41, 5.74) is 16.5. The van der Waals surface area contributed by atoms with Crippen LogP contribution in [0.1, 0.15) is 45.4 Å². The van der Waals surface area contributed by atoms with Gasteiger partial charge in [0.05, 0.1) is 12.5 Å². The van der Waals surface area contributed by atoms with E-state index in [-0.39, 0.29) is 5.91 Å². The van der Waals surface area contributed by atoms with Crippen LogP contribution in [0.25, 0.3) is 0 Å². The zero-order valence-electron chi connectivity index (χ0n) is 17.1. The summed E-state index contributed by atoms with van der Waals surface area (Å²) in [5, 5.41) is 13.5. The topological polar surface area (TPSA) is 211 Å². The Bertz CT molecular complexity index is 657. The molecule has 30 heavy (non-hydrogen) atoms. The van der Waals surface area contributed by atoms with E-state index in [1.807, 2.05) is 0 Å². The maximum absolute atomic E-state index is 12.7. The molecule has 1 saturated heterocycles. The summed E-state index contributed by atoms with van der Waals surface area (Å²) in [6.07, 6.45) is 2.33. The van der Waals surface area contributed by atoms with Crippen LogP contribution in [0.5, 0.6) is 0 Å². The number of carboxylic acids is 1. The average molecular weight is 428 g/mol. The number of carboxylic acid groups (broad SMARTS) is 1. The van der Waals surface area contributed by atoms with Crippen molar-refractivity contribution >= 4 is 29.6 Å². The highest BCUT2D eigenvalue weighted by Crippen LogP contribution is 2.19. The van der Waals surface area contributed by atoms with Crippen LogP contribution in [0.2, 0.25) is 0 Å². The Kier molecular flexibility index (Phi) is 10.2. The molecule has 9 N–H and O–H groups in total. The number of aliphatic carboxylic acids is 1. The molecule has 0 aromatic rings. The maximum Gasteiger partial charge on any atom is 0.325 e. The molecular formula is C18H32N6O6. The predicted octanol–water partition coefficient (Wildman–Crippen LogP) is -2.62. The molecule has 170 valence electrons. The highest BCUT2D eigenvalue weighted by molar-refractivity contribution is 5.96. The van der Waals surface area contributed by atoms with Gasteiger partial charge in [-0.05, 0) is 39.2 Å². The number of carbonyl (C=O) groups is 5. The third-order valence-electron chi connectivity index (χ3n) is 4.89. The maximum atomic E-state index is 12.7. The molecule has 1 heterocycles. The molecule has 12 nitrogen and oxygen atoms in total. The van der Waals surface area contributed by atoms with Gasteiger partial charge in [-0.15, -0.1) is 0 Å². The van der Waals surface area contributed by atoms with Gasteiger partial charge in [-0.1, -0.05) is 6.42 Å². The van der Waals surface area contributed by atoms with Crippen LogP contribution in [0, 0.1) is 0 Å². The van der Waals surface area contributed by atoms with Crippen LogP contribution < -0.4 is 27.8 Å². The van der Waals surface area contributed by atoms with E-state index in [4.69, 9.17) is 22.3 Å². The number of nitrogens with one attached hydrogen (secondary N) is 2. The molecule has 4 atom stereocenters. The summed E-state index contributed by atoms with van der Waals surface area (Å²) in [6, 6.07) is -4.17. The van der Waals surface area contributed by atoms with Crippen molar-refractivity contribution in [2.45, 2.75) is 69.6 Å². The van der Waals surface area contributed by atoms with E-state index in [9.17, 15) is 24.0 Å². The molecule has 0 saturated carbocycles. The normalized spacial score (nSPS) is 18.9. The van der Waals surface area contributed by atoms with Gasteiger partial charge < -0.3 is 37.8 Å². The zero-order chi connectivity index (χ0) is 22.8. The fourth-order valence-corrected chi connectivity index (χ4v) is 3.20. The monoisotopic (exact) mass is 428 g/mol. The number of primary amides is 1. The minimum atomic E-state index is -1.35. The van der Waals surface area contributed by atoms with E-state index in [0.29, 0.717) is 38.8 Å². The molecule has 4 unspecified atom stereocenters. The third kappa shape index (κ3) is 7.59. The number of hydrogen-bond donors (Lipinski definition) is 6. The highest BCUT2D eigenvalue weighted by Gasteiger charge is 2.37. The van der Waals surface area contributed by atoms with E-state index < -0.39 is 54.3 Å². The largest absolute Gasteiger partial charge is 0.480 e. The molecule has 0 spiro atoms. The van der Waals surface area contributed by atoms with Crippen molar-refractivity contribution < 1.29 is 29.1 Å². The van der Waals surface area contributed by atoms with Crippen LogP contribution in [0.15, 0.2) is 0 Å². The number of amides is 4. The Morgan fingerprint density at radius 2 is 1.83 bits per heavy atom. The summed E-state index contributed by atoms with van der Waals surface area (Å²) >= 11 is 0. The van der Waals surface area contributed by atoms with Crippen molar-refractivity contribution in [2.24, 2.45) is 17.2 Å². The molecule has 0 aromatic heterocycles. The minimum Gasteiger partial charge on any atom is -0.480 e. The second-order valence-electron chi connectivity index (χ2n) is 7.38. The summed E-state index contributed by atoms with van der Waals surface area (Å²) in [7, 11) is 0. The van der Waals surface area contributed by atoms with Gasteiger partial charge in [0.1, 0.15) is 18.1 Å². The van der Waals surface area contributed by atoms with Gasteiger partial charge in [-0.2, -0.15) is 0 Å². The molecule has 0 aliphatic carbocycles. The molecular weight excluding hydrogens is 396 g/mol. The van der Waals surface area contributed by atoms with E-state index >= 15 is 0 Å². The second-order valence-corrected chi connectivity index (χ2v) is 7.38. The van der Waals surface area contributed by atoms with Gasteiger partial charge in [0.25, 0.3) is 0 Å². The molecule has 1 rings (SSSR count). The Morgan fingerprint density at radius 1 is 1.17 bits per heavy atom. The first-order valence-electron chi connectivity index (χ1n) is 9.96. The van der Waals surface area contributed by atoms with Crippen LogP contribution in [-0.4, -0.2) is 76.9 Å². The first-order chi connectivity index (χ1) is 14.1. The zero-order valence-corrected chi connectivity index (χ0v) is 17.1. The highest BCUT2D eigenvalue weighted by atomic mass is 16.4. The smallest absolute Gasteiger partial charge is 0.325 e. The molecule has 0 radical (unpaired) electrons. The molecule has 0 aromatic carbocycles. The Hall–Kier alpha value is -2.73. The number of nitrogens with zero attached hydrogens (tertiary/aromatic N) is 1. The van der Waals surface area contributed by atoms with E-state index in [1.54, 1.807) is 0 Å². The predicted molar refractivity (Wildman–Crippen MR) is 107 cm³/mol. The number of hydrogen-bond acceptors (Lipinski definition) is 7. The van der Waals surface area contributed by atoms with Crippen LogP contribution in [-0.2, 0) is 24.0 Å². The lowest BCUT2D eigenvalue weighted by Crippen LogP contribution is -2.57. The third-order valence-corrected chi connectivity index (χ3v) is 4.89. The SMILES string of the molecule is CC(NC(=O)C(CC(N)=O)NC(=O)C1CCCN1C(=O)C(N)CCCCN)C(=O)O. The van der Waals surface area contributed by atoms with Crippen molar-refractivity contribution in [2.75, 3.05) is 13.1 Å². The van der Waals surface area contributed by atoms with E-state index in [1.165, 1.54) is 11.8 Å². The fraction of sp³-hybridized carbons (Fsp3) is 0.722. The summed E-state index contributed by atoms with van der Waals surface area (Å²) in [5.74, 6) is -3.96. The fourth-order valence-electron chi connectivity index (χ4n) is 3.20. The summed E-state index contributed by atoms with van der Waals surface area (Å²) < 4.78 is 0. The molecule has 1 fully saturated rings. The Morgan fingerprint density at radius 3 is 2.40 bits per heavy atom. The standard InChI is InChI=1S/C18H32N6O6/c1-10(18(29)30)22-15(26)12(9-14(21)25)23-16(27)13-6-4-8-24(13)17(28)11(20)5-2-3-7-19/h10-13H,2-9,19-20H2,1H3,(H2,21,25)(H,22,26)(H,23,27)(H,29,30). The minimum absolute atomic E-state index is 0.351. The van der Waals surface area contributed by atoms with Crippen molar-refractivity contribution in [3.05, 3.63) is 0 Å². The lowest BCUT2D eigenvalue weighted by Gasteiger charge is -2.28. The number of carbonyl (C=O) groups excluding carboxylic acids is 4.